The summed E-state index contributed by atoms with van der Waals surface area (Å²) in [7, 11) is 4.78. The van der Waals surface area contributed by atoms with E-state index in [1.807, 2.05) is 43.3 Å². The van der Waals surface area contributed by atoms with E-state index in [4.69, 9.17) is 25.8 Å². The minimum Gasteiger partial charge on any atom is -0.497 e. The molecule has 40 heavy (non-hydrogen) atoms. The third kappa shape index (κ3) is 5.17. The van der Waals surface area contributed by atoms with Crippen molar-refractivity contribution in [1.82, 2.24) is 5.32 Å². The number of carbonyl (C=O) groups excluding carboxylic acids is 2. The molecule has 0 bridgehead atoms. The lowest BCUT2D eigenvalue weighted by Crippen LogP contribution is -2.37. The summed E-state index contributed by atoms with van der Waals surface area (Å²) in [6.45, 7) is 1.86. The van der Waals surface area contributed by atoms with Crippen molar-refractivity contribution in [2.75, 3.05) is 26.6 Å². The molecule has 1 aliphatic heterocycles. The van der Waals surface area contributed by atoms with Crippen molar-refractivity contribution in [3.8, 4) is 17.2 Å². The van der Waals surface area contributed by atoms with E-state index in [0.29, 0.717) is 57.6 Å². The molecule has 3 aromatic rings. The zero-order chi connectivity index (χ0) is 28.4. The smallest absolute Gasteiger partial charge is 0.254 e. The second kappa shape index (κ2) is 11.5. The molecule has 1 aliphatic carbocycles. The van der Waals surface area contributed by atoms with Gasteiger partial charge in [0.25, 0.3) is 5.91 Å². The van der Waals surface area contributed by atoms with Gasteiger partial charge < -0.3 is 24.8 Å². The number of dihydropyridines is 1. The summed E-state index contributed by atoms with van der Waals surface area (Å²) in [5.41, 5.74) is 4.84. The molecule has 0 spiro atoms. The van der Waals surface area contributed by atoms with Crippen LogP contribution in [0, 0.1) is 0 Å². The molecule has 5 rings (SSSR count). The van der Waals surface area contributed by atoms with Crippen molar-refractivity contribution in [3.63, 3.8) is 0 Å². The number of hydrogen-bond donors (Lipinski definition) is 2. The van der Waals surface area contributed by atoms with Crippen LogP contribution in [0.3, 0.4) is 0 Å². The second-order valence-corrected chi connectivity index (χ2v) is 10.2. The molecule has 1 heterocycles. The Balaban J connectivity index is 1.53. The van der Waals surface area contributed by atoms with Crippen LogP contribution in [0.1, 0.15) is 42.7 Å². The molecule has 0 saturated heterocycles. The Morgan fingerprint density at radius 1 is 0.925 bits per heavy atom. The molecular weight excluding hydrogens is 528 g/mol. The molecule has 2 aliphatic rings. The predicted octanol–water partition coefficient (Wildman–Crippen LogP) is 6.37. The number of allylic oxidation sites excluding steroid dienone is 3. The molecule has 7 nitrogen and oxygen atoms in total. The van der Waals surface area contributed by atoms with E-state index in [2.05, 4.69) is 10.6 Å². The lowest BCUT2D eigenvalue weighted by atomic mass is 9.71. The number of hydrogen-bond acceptors (Lipinski definition) is 6. The lowest BCUT2D eigenvalue weighted by molar-refractivity contribution is -0.116. The van der Waals surface area contributed by atoms with Crippen molar-refractivity contribution >= 4 is 29.0 Å². The first-order valence-electron chi connectivity index (χ1n) is 13.0. The Hall–Kier alpha value is -4.23. The van der Waals surface area contributed by atoms with Gasteiger partial charge in [-0.05, 0) is 72.9 Å². The first-order chi connectivity index (χ1) is 19.3. The van der Waals surface area contributed by atoms with Gasteiger partial charge in [0.2, 0.25) is 0 Å². The number of ketones is 1. The molecule has 1 amide bonds. The molecule has 2 atom stereocenters. The monoisotopic (exact) mass is 558 g/mol. The zero-order valence-corrected chi connectivity index (χ0v) is 23.6. The summed E-state index contributed by atoms with van der Waals surface area (Å²) < 4.78 is 16.1. The summed E-state index contributed by atoms with van der Waals surface area (Å²) in [6, 6.07) is 20.2. The lowest BCUT2D eigenvalue weighted by Gasteiger charge is -2.37. The van der Waals surface area contributed by atoms with Crippen LogP contribution in [0.15, 0.2) is 89.3 Å². The summed E-state index contributed by atoms with van der Waals surface area (Å²) in [6.07, 6.45) is 0.894. The average molecular weight is 559 g/mol. The van der Waals surface area contributed by atoms with Gasteiger partial charge in [-0.2, -0.15) is 0 Å². The third-order valence-corrected chi connectivity index (χ3v) is 7.86. The fourth-order valence-electron chi connectivity index (χ4n) is 5.58. The van der Waals surface area contributed by atoms with E-state index in [1.54, 1.807) is 51.7 Å². The molecule has 3 aromatic carbocycles. The number of nitrogens with one attached hydrogen (secondary N) is 2. The second-order valence-electron chi connectivity index (χ2n) is 9.84. The van der Waals surface area contributed by atoms with E-state index in [1.165, 1.54) is 0 Å². The molecule has 0 fully saturated rings. The van der Waals surface area contributed by atoms with Gasteiger partial charge in [0.05, 0.1) is 21.3 Å². The number of benzene rings is 3. The van der Waals surface area contributed by atoms with Crippen LogP contribution in [0.4, 0.5) is 5.69 Å². The molecule has 0 unspecified atom stereocenters. The minimum absolute atomic E-state index is 0.0271. The fraction of sp³-hybridized carbons (Fsp3) is 0.250. The van der Waals surface area contributed by atoms with Crippen molar-refractivity contribution in [1.29, 1.82) is 0 Å². The van der Waals surface area contributed by atoms with E-state index >= 15 is 0 Å². The zero-order valence-electron chi connectivity index (χ0n) is 22.8. The van der Waals surface area contributed by atoms with Crippen molar-refractivity contribution in [2.45, 2.75) is 31.6 Å². The maximum atomic E-state index is 13.9. The largest absolute Gasteiger partial charge is 0.497 e. The number of rotatable bonds is 7. The quantitative estimate of drug-likeness (QED) is 0.351. The first-order valence-corrected chi connectivity index (χ1v) is 13.4. The van der Waals surface area contributed by atoms with Crippen LogP contribution in [-0.2, 0) is 9.59 Å². The van der Waals surface area contributed by atoms with Crippen LogP contribution in [0.2, 0.25) is 5.02 Å². The Morgan fingerprint density at radius 3 is 2.33 bits per heavy atom. The summed E-state index contributed by atoms with van der Waals surface area (Å²) in [5.74, 6) is 0.936. The Bertz CT molecular complexity index is 1530. The van der Waals surface area contributed by atoms with Crippen LogP contribution in [0.5, 0.6) is 17.2 Å². The van der Waals surface area contributed by atoms with E-state index < -0.39 is 5.92 Å². The Morgan fingerprint density at radius 2 is 1.65 bits per heavy atom. The Kier molecular flexibility index (Phi) is 7.85. The topological polar surface area (TPSA) is 85.9 Å². The molecule has 206 valence electrons. The van der Waals surface area contributed by atoms with E-state index in [0.717, 1.165) is 16.8 Å². The minimum atomic E-state index is -0.609. The summed E-state index contributed by atoms with van der Waals surface area (Å²) >= 11 is 6.69. The van der Waals surface area contributed by atoms with Gasteiger partial charge >= 0.3 is 0 Å². The van der Waals surface area contributed by atoms with Crippen molar-refractivity contribution in [2.24, 2.45) is 0 Å². The number of amides is 1. The molecular formula is C32H31ClN2O5. The van der Waals surface area contributed by atoms with Gasteiger partial charge in [-0.3, -0.25) is 9.59 Å². The molecule has 0 saturated carbocycles. The molecule has 0 radical (unpaired) electrons. The maximum absolute atomic E-state index is 13.9. The number of Topliss-reactive ketones (excluding diaryl/α,β-unsaturated/α-hetero) is 1. The van der Waals surface area contributed by atoms with Crippen molar-refractivity contribution < 1.29 is 23.8 Å². The van der Waals surface area contributed by atoms with Gasteiger partial charge in [-0.15, -0.1) is 0 Å². The fourth-order valence-corrected chi connectivity index (χ4v) is 5.82. The summed E-state index contributed by atoms with van der Waals surface area (Å²) in [4.78, 5) is 27.7. The average Bonchev–Trinajstić information content (AvgIpc) is 2.96. The molecule has 0 aromatic heterocycles. The maximum Gasteiger partial charge on any atom is 0.254 e. The van der Waals surface area contributed by atoms with Crippen molar-refractivity contribution in [3.05, 3.63) is 105 Å². The van der Waals surface area contributed by atoms with Gasteiger partial charge in [0.15, 0.2) is 17.3 Å². The Labute approximate surface area is 238 Å². The van der Waals surface area contributed by atoms with E-state index in [9.17, 15) is 9.59 Å². The third-order valence-electron chi connectivity index (χ3n) is 7.52. The number of ether oxygens (including phenoxy) is 3. The SMILES string of the molecule is COc1ccc(NC(=O)C2=C(C)NC3=C(C(=O)C[C@H](c4ccc(OC)c(OC)c4)C3)[C@H]2c2ccccc2Cl)cc1. The van der Waals surface area contributed by atoms with Crippen LogP contribution >= 0.6 is 11.6 Å². The number of anilines is 1. The highest BCUT2D eigenvalue weighted by Gasteiger charge is 2.41. The van der Waals surface area contributed by atoms with Crippen LogP contribution in [0.25, 0.3) is 0 Å². The number of carbonyl (C=O) groups is 2. The molecule has 8 heteroatoms. The highest BCUT2D eigenvalue weighted by molar-refractivity contribution is 6.31. The van der Waals surface area contributed by atoms with Gasteiger partial charge in [-0.25, -0.2) is 0 Å². The number of halogens is 1. The highest BCUT2D eigenvalue weighted by atomic mass is 35.5. The highest BCUT2D eigenvalue weighted by Crippen LogP contribution is 2.47. The number of methoxy groups -OCH3 is 3. The van der Waals surface area contributed by atoms with Gasteiger partial charge in [0.1, 0.15) is 5.75 Å². The predicted molar refractivity (Wildman–Crippen MR) is 155 cm³/mol. The standard InChI is InChI=1S/C32H31ClN2O5/c1-18-29(32(37)35-21-10-12-22(38-2)13-11-21)30(23-7-5-6-8-24(23)33)31-25(34-18)15-20(16-26(31)36)19-9-14-27(39-3)28(17-19)40-4/h5-14,17,20,30,34H,15-16H2,1-4H3,(H,35,37)/t20-,30+/m1/s1. The van der Waals surface area contributed by atoms with Gasteiger partial charge in [0, 0.05) is 45.6 Å². The van der Waals surface area contributed by atoms with E-state index in [-0.39, 0.29) is 17.6 Å². The first kappa shape index (κ1) is 27.3. The van der Waals surface area contributed by atoms with Gasteiger partial charge in [-0.1, -0.05) is 35.9 Å². The normalized spacial score (nSPS) is 18.6. The van der Waals surface area contributed by atoms with Crippen LogP contribution < -0.4 is 24.8 Å². The van der Waals surface area contributed by atoms with Crippen LogP contribution in [-0.4, -0.2) is 33.0 Å². The summed E-state index contributed by atoms with van der Waals surface area (Å²) in [5, 5.41) is 6.90. The molecule has 2 N–H and O–H groups in total.